The molecular formula is C35H50N8O10. The fourth-order valence-electron chi connectivity index (χ4n) is 5.06. The molecular weight excluding hydrogens is 692 g/mol. The van der Waals surface area contributed by atoms with Crippen LogP contribution in [0.5, 0.6) is 0 Å². The highest BCUT2D eigenvalue weighted by Crippen LogP contribution is 2.17. The standard InChI is InChI=1S/C35H50N8O10/c1-4-19(2)30(35(53)39-18-28(46)38-12-7-13-44)43-31(49)20(3)40-33(51)26(17-27(37)45)42-34(52)25(41-32(50)24(36)16-29(47)48)15-21-10-11-22-8-5-6-9-23(22)14-21/h5-6,8-11,14,19-20,24-26,30,44H,4,7,12-13,15-18,36H2,1-3H3,(H2,37,45)(H,38,46)(H,39,53)(H,40,51)(H,41,50)(H,42,52)(H,43,49)(H,47,48). The van der Waals surface area contributed by atoms with Crippen LogP contribution in [-0.4, -0.2) is 107 Å². The normalized spacial score (nSPS) is 14.3. The van der Waals surface area contributed by atoms with Crippen molar-refractivity contribution in [1.82, 2.24) is 31.9 Å². The fraction of sp³-hybridized carbons (Fsp3) is 0.486. The summed E-state index contributed by atoms with van der Waals surface area (Å²) in [7, 11) is 0. The molecule has 0 aliphatic carbocycles. The van der Waals surface area contributed by atoms with Gasteiger partial charge in [-0.2, -0.15) is 0 Å². The van der Waals surface area contributed by atoms with Crippen molar-refractivity contribution in [2.75, 3.05) is 19.7 Å². The zero-order valence-electron chi connectivity index (χ0n) is 30.0. The summed E-state index contributed by atoms with van der Waals surface area (Å²) in [6, 6.07) is 5.82. The minimum atomic E-state index is -1.61. The second-order valence-electron chi connectivity index (χ2n) is 12.6. The molecule has 0 bridgehead atoms. The summed E-state index contributed by atoms with van der Waals surface area (Å²) >= 11 is 0. The number of carbonyl (C=O) groups excluding carboxylic acids is 7. The maximum atomic E-state index is 13.6. The number of hydrogen-bond acceptors (Lipinski definition) is 10. The van der Waals surface area contributed by atoms with E-state index in [4.69, 9.17) is 21.7 Å². The molecule has 18 nitrogen and oxygen atoms in total. The van der Waals surface area contributed by atoms with Crippen molar-refractivity contribution < 1.29 is 48.6 Å². The van der Waals surface area contributed by atoms with Gasteiger partial charge in [-0.1, -0.05) is 62.7 Å². The molecule has 0 radical (unpaired) electrons. The van der Waals surface area contributed by atoms with E-state index in [9.17, 15) is 38.4 Å². The summed E-state index contributed by atoms with van der Waals surface area (Å²) in [5.41, 5.74) is 11.7. The van der Waals surface area contributed by atoms with Crippen LogP contribution in [0.3, 0.4) is 0 Å². The van der Waals surface area contributed by atoms with Gasteiger partial charge in [0.15, 0.2) is 0 Å². The lowest BCUT2D eigenvalue weighted by Gasteiger charge is -2.27. The molecule has 0 saturated heterocycles. The largest absolute Gasteiger partial charge is 0.481 e. The van der Waals surface area contributed by atoms with E-state index in [1.54, 1.807) is 32.0 Å². The number of rotatable bonds is 22. The van der Waals surface area contributed by atoms with E-state index in [1.807, 2.05) is 24.3 Å². The van der Waals surface area contributed by atoms with Crippen molar-refractivity contribution in [1.29, 1.82) is 0 Å². The van der Waals surface area contributed by atoms with Crippen LogP contribution >= 0.6 is 0 Å². The van der Waals surface area contributed by atoms with Crippen LogP contribution in [0.4, 0.5) is 0 Å². The molecule has 2 aromatic rings. The molecule has 0 fully saturated rings. The van der Waals surface area contributed by atoms with E-state index in [0.717, 1.165) is 10.8 Å². The Kier molecular flexibility index (Phi) is 17.8. The molecule has 0 spiro atoms. The second-order valence-corrected chi connectivity index (χ2v) is 12.6. The summed E-state index contributed by atoms with van der Waals surface area (Å²) in [6.45, 7) is 4.53. The monoisotopic (exact) mass is 742 g/mol. The Morgan fingerprint density at radius 1 is 0.755 bits per heavy atom. The SMILES string of the molecule is CCC(C)C(NC(=O)C(C)NC(=O)C(CC(N)=O)NC(=O)C(Cc1ccc2ccccc2c1)NC(=O)C(N)CC(=O)O)C(=O)NCC(=O)NCCCO. The summed E-state index contributed by atoms with van der Waals surface area (Å²) < 4.78 is 0. The Morgan fingerprint density at radius 2 is 1.40 bits per heavy atom. The number of aliphatic carboxylic acids is 1. The average Bonchev–Trinajstić information content (AvgIpc) is 3.11. The van der Waals surface area contributed by atoms with Gasteiger partial charge in [0, 0.05) is 19.6 Å². The molecule has 0 aromatic heterocycles. The van der Waals surface area contributed by atoms with Crippen LogP contribution in [0.2, 0.25) is 0 Å². The first kappa shape index (κ1) is 43.5. The van der Waals surface area contributed by atoms with E-state index in [2.05, 4.69) is 31.9 Å². The highest BCUT2D eigenvalue weighted by atomic mass is 16.4. The highest BCUT2D eigenvalue weighted by molar-refractivity contribution is 5.98. The molecule has 18 heteroatoms. The van der Waals surface area contributed by atoms with Gasteiger partial charge in [-0.3, -0.25) is 38.4 Å². The number of hydrogen-bond donors (Lipinski definition) is 10. The lowest BCUT2D eigenvalue weighted by Crippen LogP contribution is -2.59. The van der Waals surface area contributed by atoms with E-state index >= 15 is 0 Å². The van der Waals surface area contributed by atoms with Gasteiger partial charge in [0.1, 0.15) is 24.2 Å². The first-order chi connectivity index (χ1) is 25.1. The third-order valence-corrected chi connectivity index (χ3v) is 8.28. The number of primary amides is 1. The van der Waals surface area contributed by atoms with Gasteiger partial charge in [0.25, 0.3) is 0 Å². The number of aliphatic hydroxyl groups is 1. The number of aliphatic hydroxyl groups excluding tert-OH is 1. The number of carboxylic acid groups (broad SMARTS) is 1. The number of carbonyl (C=O) groups is 8. The molecule has 2 aromatic carbocycles. The molecule has 12 N–H and O–H groups in total. The Balaban J connectivity index is 2.21. The molecule has 0 saturated carbocycles. The van der Waals surface area contributed by atoms with Crippen LogP contribution in [0.1, 0.15) is 52.0 Å². The zero-order valence-corrected chi connectivity index (χ0v) is 30.0. The Labute approximate surface area is 306 Å². The smallest absolute Gasteiger partial charge is 0.305 e. The zero-order chi connectivity index (χ0) is 39.7. The third kappa shape index (κ3) is 14.9. The van der Waals surface area contributed by atoms with Gasteiger partial charge >= 0.3 is 5.97 Å². The molecule has 6 unspecified atom stereocenters. The molecule has 7 amide bonds. The molecule has 0 heterocycles. The van der Waals surface area contributed by atoms with Crippen molar-refractivity contribution in [2.45, 2.75) is 83.1 Å². The van der Waals surface area contributed by atoms with Crippen molar-refractivity contribution in [3.8, 4) is 0 Å². The fourth-order valence-corrected chi connectivity index (χ4v) is 5.06. The number of amides is 7. The van der Waals surface area contributed by atoms with Crippen molar-refractivity contribution in [3.05, 3.63) is 48.0 Å². The summed E-state index contributed by atoms with van der Waals surface area (Å²) in [5, 5.41) is 34.5. The van der Waals surface area contributed by atoms with E-state index in [-0.39, 0.29) is 32.0 Å². The number of nitrogens with two attached hydrogens (primary N) is 2. The number of carboxylic acids is 1. The quantitative estimate of drug-likeness (QED) is 0.0571. The summed E-state index contributed by atoms with van der Waals surface area (Å²) in [4.78, 5) is 101. The van der Waals surface area contributed by atoms with E-state index in [0.29, 0.717) is 18.4 Å². The molecule has 0 aliphatic rings. The maximum absolute atomic E-state index is 13.6. The van der Waals surface area contributed by atoms with Crippen molar-refractivity contribution in [3.63, 3.8) is 0 Å². The Bertz CT molecular complexity index is 1640. The lowest BCUT2D eigenvalue weighted by molar-refractivity contribution is -0.140. The predicted octanol–water partition coefficient (Wildman–Crippen LogP) is -2.32. The van der Waals surface area contributed by atoms with Crippen LogP contribution < -0.4 is 43.4 Å². The van der Waals surface area contributed by atoms with E-state index in [1.165, 1.54) is 6.92 Å². The topological polar surface area (TPSA) is 301 Å². The number of fused-ring (bicyclic) bond motifs is 1. The van der Waals surface area contributed by atoms with Crippen LogP contribution in [-0.2, 0) is 44.8 Å². The van der Waals surface area contributed by atoms with Gasteiger partial charge < -0.3 is 53.6 Å². The summed E-state index contributed by atoms with van der Waals surface area (Å²) in [6.07, 6.45) is -0.727. The number of nitrogens with one attached hydrogen (secondary N) is 6. The first-order valence-corrected chi connectivity index (χ1v) is 17.2. The minimum Gasteiger partial charge on any atom is -0.481 e. The molecule has 0 aliphatic heterocycles. The van der Waals surface area contributed by atoms with Crippen LogP contribution in [0, 0.1) is 5.92 Å². The van der Waals surface area contributed by atoms with E-state index < -0.39 is 90.4 Å². The molecule has 290 valence electrons. The van der Waals surface area contributed by atoms with Crippen molar-refractivity contribution >= 4 is 58.1 Å². The molecule has 6 atom stereocenters. The first-order valence-electron chi connectivity index (χ1n) is 17.2. The minimum absolute atomic E-state index is 0.116. The average molecular weight is 743 g/mol. The second kappa shape index (κ2) is 21.7. The van der Waals surface area contributed by atoms with Gasteiger partial charge in [0.2, 0.25) is 41.4 Å². The maximum Gasteiger partial charge on any atom is 0.305 e. The highest BCUT2D eigenvalue weighted by Gasteiger charge is 2.33. The Morgan fingerprint density at radius 3 is 2.02 bits per heavy atom. The Hall–Kier alpha value is -5.62. The van der Waals surface area contributed by atoms with Gasteiger partial charge in [-0.25, -0.2) is 0 Å². The lowest BCUT2D eigenvalue weighted by atomic mass is 9.98. The van der Waals surface area contributed by atoms with Gasteiger partial charge in [0.05, 0.1) is 25.4 Å². The predicted molar refractivity (Wildman–Crippen MR) is 192 cm³/mol. The van der Waals surface area contributed by atoms with Gasteiger partial charge in [-0.15, -0.1) is 0 Å². The molecule has 2 rings (SSSR count). The van der Waals surface area contributed by atoms with Crippen LogP contribution in [0.15, 0.2) is 42.5 Å². The van der Waals surface area contributed by atoms with Crippen molar-refractivity contribution in [2.24, 2.45) is 17.4 Å². The van der Waals surface area contributed by atoms with Crippen LogP contribution in [0.25, 0.3) is 10.8 Å². The van der Waals surface area contributed by atoms with Gasteiger partial charge in [-0.05, 0) is 35.6 Å². The third-order valence-electron chi connectivity index (χ3n) is 8.28. The summed E-state index contributed by atoms with van der Waals surface area (Å²) in [5.74, 6) is -7.50. The molecule has 53 heavy (non-hydrogen) atoms. The number of benzene rings is 2.